The van der Waals surface area contributed by atoms with Gasteiger partial charge in [0.05, 0.1) is 0 Å². The first kappa shape index (κ1) is 15.4. The Labute approximate surface area is 123 Å². The minimum Gasteiger partial charge on any atom is -0.483 e. The van der Waals surface area contributed by atoms with E-state index >= 15 is 0 Å². The standard InChI is InChI=1S/C17H19F2NO/c1-11-5-12(2)7-14(6-11)10-21-17-15(18)8-13(3-4-20)9-16(17)19/h5-9H,3-4,10,20H2,1-2H3. The van der Waals surface area contributed by atoms with Crippen LogP contribution in [0.25, 0.3) is 0 Å². The molecule has 0 radical (unpaired) electrons. The van der Waals surface area contributed by atoms with E-state index in [0.717, 1.165) is 16.7 Å². The minimum absolute atomic E-state index is 0.132. The third-order valence-corrected chi connectivity index (χ3v) is 3.16. The lowest BCUT2D eigenvalue weighted by atomic mass is 10.1. The lowest BCUT2D eigenvalue weighted by Crippen LogP contribution is -2.05. The summed E-state index contributed by atoms with van der Waals surface area (Å²) in [6.07, 6.45) is 0.436. The van der Waals surface area contributed by atoms with Crippen LogP contribution in [0, 0.1) is 25.5 Å². The summed E-state index contributed by atoms with van der Waals surface area (Å²) in [4.78, 5) is 0. The largest absolute Gasteiger partial charge is 0.483 e. The number of hydrogen-bond donors (Lipinski definition) is 1. The molecule has 2 aromatic rings. The maximum atomic E-state index is 13.9. The number of benzene rings is 2. The van der Waals surface area contributed by atoms with Gasteiger partial charge in [-0.25, -0.2) is 8.78 Å². The number of halogens is 2. The van der Waals surface area contributed by atoms with Crippen LogP contribution in [0.1, 0.15) is 22.3 Å². The molecule has 0 fully saturated rings. The highest BCUT2D eigenvalue weighted by atomic mass is 19.1. The van der Waals surface area contributed by atoms with Crippen LogP contribution in [0.5, 0.6) is 5.75 Å². The number of ether oxygens (including phenoxy) is 1. The van der Waals surface area contributed by atoms with E-state index < -0.39 is 11.6 Å². The van der Waals surface area contributed by atoms with Gasteiger partial charge in [0, 0.05) is 0 Å². The summed E-state index contributed by atoms with van der Waals surface area (Å²) in [5.74, 6) is -1.72. The maximum absolute atomic E-state index is 13.9. The Bertz CT molecular complexity index is 597. The molecular formula is C17H19F2NO. The molecule has 0 unspecified atom stereocenters. The second kappa shape index (κ2) is 6.68. The molecule has 0 aliphatic heterocycles. The maximum Gasteiger partial charge on any atom is 0.191 e. The first-order valence-corrected chi connectivity index (χ1v) is 6.87. The summed E-state index contributed by atoms with van der Waals surface area (Å²) in [6.45, 7) is 4.42. The van der Waals surface area contributed by atoms with E-state index in [1.54, 1.807) is 0 Å². The van der Waals surface area contributed by atoms with Crippen LogP contribution in [0.3, 0.4) is 0 Å². The summed E-state index contributed by atoms with van der Waals surface area (Å²) < 4.78 is 33.1. The molecule has 0 atom stereocenters. The van der Waals surface area contributed by atoms with Gasteiger partial charge in [0.15, 0.2) is 17.4 Å². The molecule has 21 heavy (non-hydrogen) atoms. The zero-order chi connectivity index (χ0) is 15.4. The third kappa shape index (κ3) is 4.02. The number of hydrogen-bond acceptors (Lipinski definition) is 2. The van der Waals surface area contributed by atoms with E-state index in [9.17, 15) is 8.78 Å². The number of aryl methyl sites for hydroxylation is 2. The van der Waals surface area contributed by atoms with Gasteiger partial charge in [0.25, 0.3) is 0 Å². The van der Waals surface area contributed by atoms with Crippen LogP contribution in [-0.4, -0.2) is 6.54 Å². The zero-order valence-corrected chi connectivity index (χ0v) is 12.2. The average Bonchev–Trinajstić information content (AvgIpc) is 2.36. The highest BCUT2D eigenvalue weighted by molar-refractivity contribution is 5.33. The van der Waals surface area contributed by atoms with Crippen molar-refractivity contribution >= 4 is 0 Å². The van der Waals surface area contributed by atoms with Crippen LogP contribution >= 0.6 is 0 Å². The van der Waals surface area contributed by atoms with E-state index in [4.69, 9.17) is 10.5 Å². The smallest absolute Gasteiger partial charge is 0.191 e. The van der Waals surface area contributed by atoms with Crippen molar-refractivity contribution in [2.24, 2.45) is 5.73 Å². The van der Waals surface area contributed by atoms with E-state index in [0.29, 0.717) is 18.5 Å². The monoisotopic (exact) mass is 291 g/mol. The molecule has 0 saturated heterocycles. The molecule has 2 aromatic carbocycles. The lowest BCUT2D eigenvalue weighted by Gasteiger charge is -2.11. The van der Waals surface area contributed by atoms with E-state index in [-0.39, 0.29) is 12.4 Å². The second-order valence-corrected chi connectivity index (χ2v) is 5.21. The van der Waals surface area contributed by atoms with Crippen molar-refractivity contribution in [3.05, 3.63) is 64.2 Å². The van der Waals surface area contributed by atoms with Gasteiger partial charge in [-0.3, -0.25) is 0 Å². The minimum atomic E-state index is -0.692. The first-order valence-electron chi connectivity index (χ1n) is 6.87. The summed E-state index contributed by atoms with van der Waals surface area (Å²) in [6, 6.07) is 8.45. The van der Waals surface area contributed by atoms with Gasteiger partial charge < -0.3 is 10.5 Å². The molecule has 4 heteroatoms. The first-order chi connectivity index (χ1) is 9.99. The van der Waals surface area contributed by atoms with Crippen LogP contribution in [0.2, 0.25) is 0 Å². The van der Waals surface area contributed by atoms with Gasteiger partial charge in [-0.1, -0.05) is 29.3 Å². The Balaban J connectivity index is 2.16. The van der Waals surface area contributed by atoms with Gasteiger partial charge in [0.1, 0.15) is 6.61 Å². The fraction of sp³-hybridized carbons (Fsp3) is 0.294. The van der Waals surface area contributed by atoms with Crippen molar-refractivity contribution in [3.63, 3.8) is 0 Å². The summed E-state index contributed by atoms with van der Waals surface area (Å²) in [7, 11) is 0. The lowest BCUT2D eigenvalue weighted by molar-refractivity contribution is 0.273. The van der Waals surface area contributed by atoms with Crippen molar-refractivity contribution in [2.75, 3.05) is 6.54 Å². The molecule has 0 bridgehead atoms. The molecule has 0 amide bonds. The van der Waals surface area contributed by atoms with E-state index in [2.05, 4.69) is 0 Å². The quantitative estimate of drug-likeness (QED) is 0.912. The molecule has 112 valence electrons. The van der Waals surface area contributed by atoms with Crippen molar-refractivity contribution in [1.29, 1.82) is 0 Å². The molecule has 0 spiro atoms. The second-order valence-electron chi connectivity index (χ2n) is 5.21. The van der Waals surface area contributed by atoms with Crippen LogP contribution in [-0.2, 0) is 13.0 Å². The highest BCUT2D eigenvalue weighted by Crippen LogP contribution is 2.24. The Morgan fingerprint density at radius 2 is 1.48 bits per heavy atom. The van der Waals surface area contributed by atoms with E-state index in [1.165, 1.54) is 12.1 Å². The molecule has 0 heterocycles. The average molecular weight is 291 g/mol. The Hall–Kier alpha value is -1.94. The molecule has 0 aliphatic carbocycles. The summed E-state index contributed by atoms with van der Waals surface area (Å²) in [5.41, 5.74) is 8.99. The van der Waals surface area contributed by atoms with E-state index in [1.807, 2.05) is 32.0 Å². The van der Waals surface area contributed by atoms with Gasteiger partial charge >= 0.3 is 0 Å². The van der Waals surface area contributed by atoms with Crippen LogP contribution in [0.15, 0.2) is 30.3 Å². The predicted molar refractivity (Wildman–Crippen MR) is 79.4 cm³/mol. The summed E-state index contributed by atoms with van der Waals surface area (Å²) >= 11 is 0. The Morgan fingerprint density at radius 3 is 2.00 bits per heavy atom. The zero-order valence-electron chi connectivity index (χ0n) is 12.2. The molecule has 2 rings (SSSR count). The number of nitrogens with two attached hydrogens (primary N) is 1. The Morgan fingerprint density at radius 1 is 0.905 bits per heavy atom. The van der Waals surface area contributed by atoms with Crippen molar-refractivity contribution in [2.45, 2.75) is 26.9 Å². The fourth-order valence-electron chi connectivity index (χ4n) is 2.37. The fourth-order valence-corrected chi connectivity index (χ4v) is 2.37. The van der Waals surface area contributed by atoms with Crippen LogP contribution < -0.4 is 10.5 Å². The molecule has 2 nitrogen and oxygen atoms in total. The van der Waals surface area contributed by atoms with Crippen molar-refractivity contribution < 1.29 is 13.5 Å². The molecule has 0 aliphatic rings. The normalized spacial score (nSPS) is 10.7. The number of rotatable bonds is 5. The van der Waals surface area contributed by atoms with Gasteiger partial charge in [-0.05, 0) is 50.1 Å². The molecule has 0 aromatic heterocycles. The molecule has 0 saturated carbocycles. The Kier molecular flexibility index (Phi) is 4.91. The van der Waals surface area contributed by atoms with Gasteiger partial charge in [-0.2, -0.15) is 0 Å². The predicted octanol–water partition coefficient (Wildman–Crippen LogP) is 3.66. The third-order valence-electron chi connectivity index (χ3n) is 3.16. The summed E-state index contributed by atoms with van der Waals surface area (Å²) in [5, 5.41) is 0. The van der Waals surface area contributed by atoms with Gasteiger partial charge in [-0.15, -0.1) is 0 Å². The SMILES string of the molecule is Cc1cc(C)cc(COc2c(F)cc(CCN)cc2F)c1. The molecular weight excluding hydrogens is 272 g/mol. The van der Waals surface area contributed by atoms with Crippen molar-refractivity contribution in [3.8, 4) is 5.75 Å². The molecule has 2 N–H and O–H groups in total. The van der Waals surface area contributed by atoms with Gasteiger partial charge in [0.2, 0.25) is 0 Å². The highest BCUT2D eigenvalue weighted by Gasteiger charge is 2.13. The van der Waals surface area contributed by atoms with Crippen molar-refractivity contribution in [1.82, 2.24) is 0 Å². The topological polar surface area (TPSA) is 35.2 Å². The van der Waals surface area contributed by atoms with Crippen LogP contribution in [0.4, 0.5) is 8.78 Å².